The van der Waals surface area contributed by atoms with E-state index in [2.05, 4.69) is 20.2 Å². The molecule has 1 unspecified atom stereocenters. The number of fused-ring (bicyclic) bond motifs is 2. The number of carbonyl (C=O) groups excluding carboxylic acids is 1. The molecule has 154 valence electrons. The van der Waals surface area contributed by atoms with Crippen LogP contribution in [0, 0.1) is 5.92 Å². The molecule has 8 heteroatoms. The number of pyridine rings is 1. The molecule has 0 saturated carbocycles. The summed E-state index contributed by atoms with van der Waals surface area (Å²) in [6.07, 6.45) is 6.46. The second kappa shape index (κ2) is 8.24. The van der Waals surface area contributed by atoms with Crippen molar-refractivity contribution in [2.45, 2.75) is 19.3 Å². The van der Waals surface area contributed by atoms with Gasteiger partial charge >= 0.3 is 0 Å². The van der Waals surface area contributed by atoms with E-state index in [9.17, 15) is 4.79 Å². The number of thiazole rings is 1. The molecule has 4 aromatic rings. The summed E-state index contributed by atoms with van der Waals surface area (Å²) in [6.45, 7) is 2.24. The molecule has 30 heavy (non-hydrogen) atoms. The molecule has 1 amide bonds. The molecule has 1 fully saturated rings. The quantitative estimate of drug-likeness (QED) is 0.483. The maximum Gasteiger partial charge on any atom is 0.224 e. The van der Waals surface area contributed by atoms with Crippen LogP contribution in [0.4, 0.5) is 5.13 Å². The highest BCUT2D eigenvalue weighted by Crippen LogP contribution is 2.30. The van der Waals surface area contributed by atoms with E-state index in [-0.39, 0.29) is 11.8 Å². The molecule has 1 saturated heterocycles. The summed E-state index contributed by atoms with van der Waals surface area (Å²) in [4.78, 5) is 28.3. The van der Waals surface area contributed by atoms with Crippen molar-refractivity contribution in [1.29, 1.82) is 0 Å². The van der Waals surface area contributed by atoms with Crippen molar-refractivity contribution in [3.8, 4) is 0 Å². The molecule has 1 atom stereocenters. The minimum absolute atomic E-state index is 0.0175. The van der Waals surface area contributed by atoms with E-state index in [1.165, 1.54) is 5.56 Å². The Labute approximate surface area is 183 Å². The highest BCUT2D eigenvalue weighted by molar-refractivity contribution is 7.21. The molecule has 0 aliphatic carbocycles. The number of rotatable bonds is 5. The Morgan fingerprint density at radius 1 is 1.37 bits per heavy atom. The Hall–Kier alpha value is -2.64. The van der Waals surface area contributed by atoms with Crippen molar-refractivity contribution < 1.29 is 4.79 Å². The Bertz CT molecular complexity index is 1170. The summed E-state index contributed by atoms with van der Waals surface area (Å²) < 4.78 is 0. The predicted octanol–water partition coefficient (Wildman–Crippen LogP) is 4.40. The molecule has 0 bridgehead atoms. The van der Waals surface area contributed by atoms with Gasteiger partial charge in [-0.3, -0.25) is 4.79 Å². The van der Waals surface area contributed by atoms with Gasteiger partial charge in [0.05, 0.1) is 5.92 Å². The fraction of sp³-hybridized carbons (Fsp3) is 0.318. The van der Waals surface area contributed by atoms with Crippen LogP contribution in [0.15, 0.2) is 42.7 Å². The molecule has 5 rings (SSSR count). The maximum absolute atomic E-state index is 12.8. The van der Waals surface area contributed by atoms with Gasteiger partial charge in [0, 0.05) is 48.0 Å². The minimum atomic E-state index is -0.0175. The van der Waals surface area contributed by atoms with E-state index >= 15 is 0 Å². The van der Waals surface area contributed by atoms with Gasteiger partial charge in [0.15, 0.2) is 5.13 Å². The number of hydrogen-bond acceptors (Lipinski definition) is 5. The third-order valence-electron chi connectivity index (χ3n) is 5.64. The number of hydrogen-bond donors (Lipinski definition) is 2. The van der Waals surface area contributed by atoms with Gasteiger partial charge in [-0.1, -0.05) is 22.9 Å². The zero-order valence-corrected chi connectivity index (χ0v) is 18.0. The first-order valence-electron chi connectivity index (χ1n) is 10.2. The van der Waals surface area contributed by atoms with Crippen LogP contribution in [-0.2, 0) is 11.2 Å². The van der Waals surface area contributed by atoms with Crippen LogP contribution in [0.25, 0.3) is 21.3 Å². The van der Waals surface area contributed by atoms with Gasteiger partial charge in [-0.2, -0.15) is 0 Å². The number of halogens is 1. The topological polar surface area (TPSA) is 73.9 Å². The number of amides is 1. The summed E-state index contributed by atoms with van der Waals surface area (Å²) in [6, 6.07) is 9.71. The standard InChI is InChI=1S/C22H22ClN5OS/c23-16-5-6-18-17(11-16)14(12-26-18)7-9-24-20(29)15-3-2-10-28(13-15)22-27-19-4-1-8-25-21(19)30-22/h1,4-6,8,11-12,15,26H,2-3,7,9-10,13H2,(H,24,29). The average Bonchev–Trinajstić information content (AvgIpc) is 3.38. The van der Waals surface area contributed by atoms with E-state index < -0.39 is 0 Å². The Kier molecular flexibility index (Phi) is 5.31. The Morgan fingerprint density at radius 3 is 3.20 bits per heavy atom. The number of anilines is 1. The van der Waals surface area contributed by atoms with Gasteiger partial charge in [0.25, 0.3) is 0 Å². The van der Waals surface area contributed by atoms with E-state index in [0.717, 1.165) is 57.2 Å². The second-order valence-electron chi connectivity index (χ2n) is 7.65. The molecule has 3 aromatic heterocycles. The fourth-order valence-corrected chi connectivity index (χ4v) is 5.20. The van der Waals surface area contributed by atoms with E-state index in [4.69, 9.17) is 16.6 Å². The molecule has 1 aliphatic heterocycles. The van der Waals surface area contributed by atoms with Crippen LogP contribution in [-0.4, -0.2) is 40.5 Å². The molecule has 2 N–H and O–H groups in total. The summed E-state index contributed by atoms with van der Waals surface area (Å²) >= 11 is 7.72. The van der Waals surface area contributed by atoms with Gasteiger partial charge < -0.3 is 15.2 Å². The Morgan fingerprint density at radius 2 is 2.30 bits per heavy atom. The van der Waals surface area contributed by atoms with E-state index in [1.807, 2.05) is 36.5 Å². The van der Waals surface area contributed by atoms with Gasteiger partial charge in [0.1, 0.15) is 10.3 Å². The third-order valence-corrected chi connectivity index (χ3v) is 6.92. The molecular formula is C22H22ClN5OS. The lowest BCUT2D eigenvalue weighted by Crippen LogP contribution is -2.43. The Balaban J connectivity index is 1.20. The number of carbonyl (C=O) groups is 1. The number of nitrogens with one attached hydrogen (secondary N) is 2. The second-order valence-corrected chi connectivity index (χ2v) is 9.05. The van der Waals surface area contributed by atoms with Crippen molar-refractivity contribution in [2.75, 3.05) is 24.5 Å². The monoisotopic (exact) mass is 439 g/mol. The predicted molar refractivity (Wildman–Crippen MR) is 122 cm³/mol. The van der Waals surface area contributed by atoms with Gasteiger partial charge in [-0.25, -0.2) is 9.97 Å². The van der Waals surface area contributed by atoms with Gasteiger partial charge in [-0.15, -0.1) is 0 Å². The molecular weight excluding hydrogens is 418 g/mol. The van der Waals surface area contributed by atoms with E-state index in [0.29, 0.717) is 13.1 Å². The molecule has 4 heterocycles. The minimum Gasteiger partial charge on any atom is -0.361 e. The first-order chi connectivity index (χ1) is 14.7. The SMILES string of the molecule is O=C(NCCc1c[nH]c2ccc(Cl)cc12)C1CCCN(c2nc3cccnc3s2)C1. The zero-order valence-electron chi connectivity index (χ0n) is 16.4. The van der Waals surface area contributed by atoms with Gasteiger partial charge in [0.2, 0.25) is 5.91 Å². The summed E-state index contributed by atoms with van der Waals surface area (Å²) in [5.74, 6) is 0.105. The molecule has 0 spiro atoms. The lowest BCUT2D eigenvalue weighted by atomic mass is 9.97. The first-order valence-corrected chi connectivity index (χ1v) is 11.4. The third kappa shape index (κ3) is 3.87. The smallest absolute Gasteiger partial charge is 0.224 e. The van der Waals surface area contributed by atoms with Gasteiger partial charge in [-0.05, 0) is 55.2 Å². The highest BCUT2D eigenvalue weighted by atomic mass is 35.5. The highest BCUT2D eigenvalue weighted by Gasteiger charge is 2.27. The normalized spacial score (nSPS) is 17.0. The van der Waals surface area contributed by atoms with Crippen molar-refractivity contribution in [3.05, 3.63) is 53.3 Å². The number of piperidine rings is 1. The maximum atomic E-state index is 12.8. The number of H-pyrrole nitrogens is 1. The number of aromatic amines is 1. The molecule has 1 aliphatic rings. The van der Waals surface area contributed by atoms with Crippen LogP contribution in [0.5, 0.6) is 0 Å². The largest absolute Gasteiger partial charge is 0.361 e. The van der Waals surface area contributed by atoms with Crippen LogP contribution in [0.1, 0.15) is 18.4 Å². The van der Waals surface area contributed by atoms with Crippen molar-refractivity contribution in [2.24, 2.45) is 5.92 Å². The average molecular weight is 440 g/mol. The van der Waals surface area contributed by atoms with Crippen molar-refractivity contribution in [3.63, 3.8) is 0 Å². The summed E-state index contributed by atoms with van der Waals surface area (Å²) in [5, 5.41) is 5.92. The first kappa shape index (κ1) is 19.3. The van der Waals surface area contributed by atoms with Crippen molar-refractivity contribution in [1.82, 2.24) is 20.3 Å². The lowest BCUT2D eigenvalue weighted by Gasteiger charge is -2.31. The zero-order chi connectivity index (χ0) is 20.5. The molecule has 1 aromatic carbocycles. The van der Waals surface area contributed by atoms with Crippen LogP contribution < -0.4 is 10.2 Å². The van der Waals surface area contributed by atoms with Crippen molar-refractivity contribution >= 4 is 55.2 Å². The summed E-state index contributed by atoms with van der Waals surface area (Å²) in [5.41, 5.74) is 3.15. The number of nitrogens with zero attached hydrogens (tertiary/aromatic N) is 3. The van der Waals surface area contributed by atoms with E-state index in [1.54, 1.807) is 17.5 Å². The number of benzene rings is 1. The summed E-state index contributed by atoms with van der Waals surface area (Å²) in [7, 11) is 0. The number of aromatic nitrogens is 3. The van der Waals surface area contributed by atoms with Crippen LogP contribution in [0.3, 0.4) is 0 Å². The fourth-order valence-electron chi connectivity index (χ4n) is 4.08. The molecule has 0 radical (unpaired) electrons. The molecule has 6 nitrogen and oxygen atoms in total. The van der Waals surface area contributed by atoms with Crippen LogP contribution in [0.2, 0.25) is 5.02 Å². The lowest BCUT2D eigenvalue weighted by molar-refractivity contribution is -0.125. The van der Waals surface area contributed by atoms with Crippen LogP contribution >= 0.6 is 22.9 Å².